The molecule has 0 bridgehead atoms. The molecule has 1 heterocycles. The highest BCUT2D eigenvalue weighted by Crippen LogP contribution is 2.32. The summed E-state index contributed by atoms with van der Waals surface area (Å²) >= 11 is 5.89. The molecular weight excluding hydrogens is 338 g/mol. The molecule has 0 fully saturated rings. The molecule has 1 N–H and O–H groups in total. The predicted octanol–water partition coefficient (Wildman–Crippen LogP) is 2.90. The summed E-state index contributed by atoms with van der Waals surface area (Å²) in [6.45, 7) is 2.25. The minimum atomic E-state index is -3.59. The van der Waals surface area contributed by atoms with Crippen LogP contribution in [0.25, 0.3) is 0 Å². The van der Waals surface area contributed by atoms with E-state index in [2.05, 4.69) is 4.72 Å². The van der Waals surface area contributed by atoms with E-state index >= 15 is 0 Å². The number of benzene rings is 2. The molecule has 23 heavy (non-hydrogen) atoms. The monoisotopic (exact) mass is 353 g/mol. The van der Waals surface area contributed by atoms with Crippen LogP contribution in [0.2, 0.25) is 5.02 Å². The van der Waals surface area contributed by atoms with Crippen molar-refractivity contribution in [2.45, 2.75) is 18.2 Å². The zero-order chi connectivity index (χ0) is 16.4. The fraction of sp³-hybridized carbons (Fsp3) is 0.250. The topological polar surface area (TPSA) is 64.6 Å². The lowest BCUT2D eigenvalue weighted by molar-refractivity contribution is 0.174. The molecule has 0 amide bonds. The minimum Gasteiger partial charge on any atom is -0.454 e. The van der Waals surface area contributed by atoms with Gasteiger partial charge in [-0.3, -0.25) is 0 Å². The third kappa shape index (κ3) is 3.60. The van der Waals surface area contributed by atoms with Crippen molar-refractivity contribution in [3.05, 3.63) is 52.5 Å². The Hall–Kier alpha value is -1.76. The molecule has 1 aliphatic heterocycles. The minimum absolute atomic E-state index is 0.204. The molecule has 0 aliphatic carbocycles. The van der Waals surface area contributed by atoms with Crippen LogP contribution in [0.5, 0.6) is 11.5 Å². The van der Waals surface area contributed by atoms with E-state index < -0.39 is 10.0 Å². The van der Waals surface area contributed by atoms with Gasteiger partial charge in [-0.2, -0.15) is 0 Å². The number of rotatable bonds is 5. The summed E-state index contributed by atoms with van der Waals surface area (Å²) in [6, 6.07) is 10.4. The van der Waals surface area contributed by atoms with Crippen LogP contribution in [0.1, 0.15) is 11.1 Å². The van der Waals surface area contributed by atoms with Crippen molar-refractivity contribution in [2.24, 2.45) is 0 Å². The van der Waals surface area contributed by atoms with Gasteiger partial charge in [0.05, 0.1) is 4.90 Å². The number of ether oxygens (including phenoxy) is 2. The van der Waals surface area contributed by atoms with Crippen LogP contribution in [0.3, 0.4) is 0 Å². The number of hydrogen-bond donors (Lipinski definition) is 1. The summed E-state index contributed by atoms with van der Waals surface area (Å²) in [5.74, 6) is 1.40. The van der Waals surface area contributed by atoms with Crippen molar-refractivity contribution < 1.29 is 17.9 Å². The van der Waals surface area contributed by atoms with Crippen LogP contribution in [0, 0.1) is 6.92 Å². The first kappa shape index (κ1) is 16.1. The Bertz CT molecular complexity index is 836. The van der Waals surface area contributed by atoms with E-state index in [1.165, 1.54) is 6.07 Å². The van der Waals surface area contributed by atoms with Crippen LogP contribution < -0.4 is 14.2 Å². The van der Waals surface area contributed by atoms with Crippen molar-refractivity contribution >= 4 is 21.6 Å². The summed E-state index contributed by atoms with van der Waals surface area (Å²) in [5.41, 5.74) is 1.63. The number of fused-ring (bicyclic) bond motifs is 1. The highest BCUT2D eigenvalue weighted by atomic mass is 35.5. The van der Waals surface area contributed by atoms with E-state index in [0.29, 0.717) is 28.5 Å². The maximum atomic E-state index is 12.4. The van der Waals surface area contributed by atoms with Gasteiger partial charge in [0.25, 0.3) is 0 Å². The van der Waals surface area contributed by atoms with E-state index in [0.717, 1.165) is 5.56 Å². The largest absolute Gasteiger partial charge is 0.454 e. The zero-order valence-electron chi connectivity index (χ0n) is 12.5. The quantitative estimate of drug-likeness (QED) is 0.897. The number of halogens is 1. The van der Waals surface area contributed by atoms with E-state index in [-0.39, 0.29) is 18.2 Å². The molecule has 1 aliphatic rings. The molecule has 0 radical (unpaired) electrons. The van der Waals surface area contributed by atoms with Crippen molar-refractivity contribution in [3.8, 4) is 11.5 Å². The van der Waals surface area contributed by atoms with E-state index in [4.69, 9.17) is 21.1 Å². The third-order valence-electron chi connectivity index (χ3n) is 3.58. The Morgan fingerprint density at radius 1 is 1.13 bits per heavy atom. The van der Waals surface area contributed by atoms with Gasteiger partial charge >= 0.3 is 0 Å². The van der Waals surface area contributed by atoms with Gasteiger partial charge in [-0.25, -0.2) is 13.1 Å². The molecule has 5 nitrogen and oxygen atoms in total. The second-order valence-corrected chi connectivity index (χ2v) is 7.42. The molecule has 122 valence electrons. The van der Waals surface area contributed by atoms with E-state index in [9.17, 15) is 8.42 Å². The number of sulfonamides is 1. The molecule has 3 rings (SSSR count). The molecule has 0 saturated carbocycles. The van der Waals surface area contributed by atoms with Gasteiger partial charge < -0.3 is 9.47 Å². The fourth-order valence-electron chi connectivity index (χ4n) is 2.37. The van der Waals surface area contributed by atoms with Gasteiger partial charge in [0.15, 0.2) is 11.5 Å². The van der Waals surface area contributed by atoms with Gasteiger partial charge in [-0.05, 0) is 48.7 Å². The van der Waals surface area contributed by atoms with Crippen molar-refractivity contribution in [1.29, 1.82) is 0 Å². The Kier molecular flexibility index (Phi) is 4.48. The summed E-state index contributed by atoms with van der Waals surface area (Å²) in [6.07, 6.45) is 0.551. The van der Waals surface area contributed by atoms with Crippen LogP contribution in [0.15, 0.2) is 41.3 Å². The van der Waals surface area contributed by atoms with Crippen LogP contribution >= 0.6 is 11.6 Å². The maximum Gasteiger partial charge on any atom is 0.240 e. The molecule has 0 spiro atoms. The molecule has 0 saturated heterocycles. The molecule has 0 aromatic heterocycles. The Morgan fingerprint density at radius 3 is 2.74 bits per heavy atom. The lowest BCUT2D eigenvalue weighted by Gasteiger charge is -2.10. The first-order valence-electron chi connectivity index (χ1n) is 7.10. The first-order chi connectivity index (χ1) is 11.0. The summed E-state index contributed by atoms with van der Waals surface area (Å²) in [5, 5.41) is 0.395. The standard InChI is InChI=1S/C16H16ClNO4S/c1-11-2-4-13(17)9-16(11)23(19,20)18-7-6-12-3-5-14-15(8-12)22-10-21-14/h2-5,8-9,18H,6-7,10H2,1H3. The first-order valence-corrected chi connectivity index (χ1v) is 8.96. The molecule has 0 unspecified atom stereocenters. The van der Waals surface area contributed by atoms with Gasteiger partial charge in [-0.15, -0.1) is 0 Å². The van der Waals surface area contributed by atoms with Crippen molar-refractivity contribution in [2.75, 3.05) is 13.3 Å². The Morgan fingerprint density at radius 2 is 1.91 bits per heavy atom. The maximum absolute atomic E-state index is 12.4. The van der Waals surface area contributed by atoms with Gasteiger partial charge in [0.1, 0.15) is 0 Å². The lowest BCUT2D eigenvalue weighted by atomic mass is 10.1. The van der Waals surface area contributed by atoms with Crippen molar-refractivity contribution in [1.82, 2.24) is 4.72 Å². The van der Waals surface area contributed by atoms with E-state index in [1.54, 1.807) is 19.1 Å². The van der Waals surface area contributed by atoms with Gasteiger partial charge in [0.2, 0.25) is 16.8 Å². The molecule has 0 atom stereocenters. The predicted molar refractivity (Wildman–Crippen MR) is 87.6 cm³/mol. The zero-order valence-corrected chi connectivity index (χ0v) is 14.1. The normalized spacial score (nSPS) is 13.3. The van der Waals surface area contributed by atoms with Gasteiger partial charge in [0, 0.05) is 11.6 Å². The number of nitrogens with one attached hydrogen (secondary N) is 1. The van der Waals surface area contributed by atoms with Crippen LogP contribution in [-0.4, -0.2) is 21.8 Å². The fourth-order valence-corrected chi connectivity index (χ4v) is 3.90. The Labute approximate surface area is 140 Å². The van der Waals surface area contributed by atoms with Crippen molar-refractivity contribution in [3.63, 3.8) is 0 Å². The van der Waals surface area contributed by atoms with E-state index in [1.807, 2.05) is 18.2 Å². The molecule has 2 aromatic rings. The molecule has 2 aromatic carbocycles. The van der Waals surface area contributed by atoms with Crippen LogP contribution in [-0.2, 0) is 16.4 Å². The second-order valence-electron chi connectivity index (χ2n) is 5.25. The summed E-state index contributed by atoms with van der Waals surface area (Å²) in [4.78, 5) is 0.204. The molecular formula is C16H16ClNO4S. The van der Waals surface area contributed by atoms with Crippen LogP contribution in [0.4, 0.5) is 0 Å². The third-order valence-corrected chi connectivity index (χ3v) is 5.42. The number of hydrogen-bond acceptors (Lipinski definition) is 4. The molecule has 7 heteroatoms. The SMILES string of the molecule is Cc1ccc(Cl)cc1S(=O)(=O)NCCc1ccc2c(c1)OCO2. The number of aryl methyl sites for hydroxylation is 1. The van der Waals surface area contributed by atoms with Gasteiger partial charge in [-0.1, -0.05) is 23.7 Å². The summed E-state index contributed by atoms with van der Waals surface area (Å²) in [7, 11) is -3.59. The highest BCUT2D eigenvalue weighted by molar-refractivity contribution is 7.89. The average Bonchev–Trinajstić information content (AvgIpc) is 2.97. The summed E-state index contributed by atoms with van der Waals surface area (Å²) < 4.78 is 37.9. The second kappa shape index (κ2) is 6.39. The smallest absolute Gasteiger partial charge is 0.240 e. The average molecular weight is 354 g/mol. The lowest BCUT2D eigenvalue weighted by Crippen LogP contribution is -2.26. The Balaban J connectivity index is 1.67. The highest BCUT2D eigenvalue weighted by Gasteiger charge is 2.17.